The Hall–Kier alpha value is -0.160. The minimum atomic E-state index is -0.1000. The lowest BCUT2D eigenvalue weighted by molar-refractivity contribution is 0.130. The molecule has 0 saturated carbocycles. The smallest absolute Gasteiger partial charge is 0.0613 e. The van der Waals surface area contributed by atoms with Crippen LogP contribution in [0.5, 0.6) is 0 Å². The van der Waals surface area contributed by atoms with Crippen LogP contribution in [-0.2, 0) is 0 Å². The molecule has 0 aliphatic rings. The first-order valence-corrected chi connectivity index (χ1v) is 8.64. The zero-order valence-electron chi connectivity index (χ0n) is 15.3. The van der Waals surface area contributed by atoms with Gasteiger partial charge in [-0.25, -0.2) is 0 Å². The van der Waals surface area contributed by atoms with E-state index in [4.69, 9.17) is 0 Å². The molecule has 0 saturated heterocycles. The molecule has 0 radical (unpaired) electrons. The van der Waals surface area contributed by atoms with E-state index in [9.17, 15) is 5.11 Å². The zero-order chi connectivity index (χ0) is 16.3. The number of nitrogens with zero attached hydrogens (tertiary/aromatic N) is 2. The van der Waals surface area contributed by atoms with Gasteiger partial charge in [-0.3, -0.25) is 0 Å². The van der Waals surface area contributed by atoms with Crippen molar-refractivity contribution < 1.29 is 5.11 Å². The van der Waals surface area contributed by atoms with Crippen LogP contribution in [-0.4, -0.2) is 73.4 Å². The lowest BCUT2D eigenvalue weighted by Crippen LogP contribution is -2.51. The third-order valence-corrected chi connectivity index (χ3v) is 4.23. The molecular weight excluding hydrogens is 262 g/mol. The van der Waals surface area contributed by atoms with Crippen LogP contribution in [0.3, 0.4) is 0 Å². The Labute approximate surface area is 132 Å². The number of hydrogen-bond donors (Lipinski definition) is 2. The van der Waals surface area contributed by atoms with Gasteiger partial charge in [0.2, 0.25) is 0 Å². The molecule has 0 aliphatic heterocycles. The Kier molecular flexibility index (Phi) is 11.3. The molecule has 0 heterocycles. The summed E-state index contributed by atoms with van der Waals surface area (Å²) in [5.41, 5.74) is -0.1000. The second-order valence-corrected chi connectivity index (χ2v) is 6.79. The summed E-state index contributed by atoms with van der Waals surface area (Å²) in [7, 11) is 4.26. The van der Waals surface area contributed by atoms with E-state index in [1.165, 1.54) is 13.0 Å². The largest absolute Gasteiger partial charge is 0.394 e. The van der Waals surface area contributed by atoms with Crippen LogP contribution in [0, 0.1) is 0 Å². The molecule has 2 N–H and O–H groups in total. The Balaban J connectivity index is 4.15. The molecule has 0 aromatic rings. The Morgan fingerprint density at radius 3 is 2.10 bits per heavy atom. The van der Waals surface area contributed by atoms with Crippen LogP contribution in [0.15, 0.2) is 0 Å². The number of hydrogen-bond acceptors (Lipinski definition) is 4. The van der Waals surface area contributed by atoms with Crippen LogP contribution in [0.2, 0.25) is 0 Å². The standard InChI is InChI=1S/C17H39N3O/c1-7-17(15-21,18-16(3)4)11-9-13-20(8-2)14-10-12-19(5)6/h16,18,21H,7-15H2,1-6H3. The lowest BCUT2D eigenvalue weighted by Gasteiger charge is -2.35. The second-order valence-electron chi connectivity index (χ2n) is 6.79. The molecule has 21 heavy (non-hydrogen) atoms. The van der Waals surface area contributed by atoms with Crippen molar-refractivity contribution in [1.82, 2.24) is 15.1 Å². The average molecular weight is 302 g/mol. The second kappa shape index (κ2) is 11.4. The molecular formula is C17H39N3O. The van der Waals surface area contributed by atoms with Crippen LogP contribution in [0.4, 0.5) is 0 Å². The molecule has 1 unspecified atom stereocenters. The molecule has 0 aliphatic carbocycles. The summed E-state index contributed by atoms with van der Waals surface area (Å²) in [4.78, 5) is 4.77. The van der Waals surface area contributed by atoms with Gasteiger partial charge in [0.15, 0.2) is 0 Å². The summed E-state index contributed by atoms with van der Waals surface area (Å²) in [5.74, 6) is 0. The van der Waals surface area contributed by atoms with Gasteiger partial charge in [0.25, 0.3) is 0 Å². The molecule has 0 fully saturated rings. The van der Waals surface area contributed by atoms with E-state index in [-0.39, 0.29) is 12.1 Å². The van der Waals surface area contributed by atoms with Crippen LogP contribution < -0.4 is 5.32 Å². The number of aliphatic hydroxyl groups is 1. The first kappa shape index (κ1) is 20.8. The highest BCUT2D eigenvalue weighted by molar-refractivity contribution is 4.87. The monoisotopic (exact) mass is 301 g/mol. The van der Waals surface area contributed by atoms with E-state index >= 15 is 0 Å². The van der Waals surface area contributed by atoms with Crippen molar-refractivity contribution in [3.05, 3.63) is 0 Å². The molecule has 0 bridgehead atoms. The van der Waals surface area contributed by atoms with Gasteiger partial charge in [0, 0.05) is 11.6 Å². The van der Waals surface area contributed by atoms with Gasteiger partial charge >= 0.3 is 0 Å². The van der Waals surface area contributed by atoms with Crippen LogP contribution >= 0.6 is 0 Å². The molecule has 0 amide bonds. The molecule has 0 spiro atoms. The maximum absolute atomic E-state index is 9.77. The fourth-order valence-electron chi connectivity index (χ4n) is 2.88. The highest BCUT2D eigenvalue weighted by Gasteiger charge is 2.27. The maximum Gasteiger partial charge on any atom is 0.0613 e. The number of aliphatic hydroxyl groups excluding tert-OH is 1. The highest BCUT2D eigenvalue weighted by atomic mass is 16.3. The van der Waals surface area contributed by atoms with Crippen LogP contribution in [0.1, 0.15) is 53.4 Å². The SMILES string of the molecule is CCN(CCCN(C)C)CCCC(CC)(CO)NC(C)C. The summed E-state index contributed by atoms with van der Waals surface area (Å²) >= 11 is 0. The van der Waals surface area contributed by atoms with Gasteiger partial charge in [-0.2, -0.15) is 0 Å². The van der Waals surface area contributed by atoms with Gasteiger partial charge in [-0.05, 0) is 66.0 Å². The Bertz CT molecular complexity index is 240. The van der Waals surface area contributed by atoms with Gasteiger partial charge in [-0.15, -0.1) is 0 Å². The Morgan fingerprint density at radius 1 is 1.05 bits per heavy atom. The first-order chi connectivity index (χ1) is 9.89. The van der Waals surface area contributed by atoms with E-state index in [2.05, 4.69) is 56.9 Å². The molecule has 0 rings (SSSR count). The molecule has 4 heteroatoms. The van der Waals surface area contributed by atoms with Crippen molar-refractivity contribution in [2.24, 2.45) is 0 Å². The molecule has 0 aromatic carbocycles. The fourth-order valence-corrected chi connectivity index (χ4v) is 2.88. The van der Waals surface area contributed by atoms with Crippen molar-refractivity contribution in [2.45, 2.75) is 65.0 Å². The van der Waals surface area contributed by atoms with Crippen molar-refractivity contribution in [3.63, 3.8) is 0 Å². The summed E-state index contributed by atoms with van der Waals surface area (Å²) < 4.78 is 0. The van der Waals surface area contributed by atoms with Crippen LogP contribution in [0.25, 0.3) is 0 Å². The fraction of sp³-hybridized carbons (Fsp3) is 1.00. The number of rotatable bonds is 13. The maximum atomic E-state index is 9.77. The first-order valence-electron chi connectivity index (χ1n) is 8.64. The molecule has 4 nitrogen and oxygen atoms in total. The zero-order valence-corrected chi connectivity index (χ0v) is 15.3. The summed E-state index contributed by atoms with van der Waals surface area (Å²) in [5, 5.41) is 13.3. The van der Waals surface area contributed by atoms with Crippen molar-refractivity contribution in [2.75, 3.05) is 46.9 Å². The predicted octanol–water partition coefficient (Wildman–Crippen LogP) is 2.18. The third-order valence-electron chi connectivity index (χ3n) is 4.23. The van der Waals surface area contributed by atoms with Gasteiger partial charge in [0.05, 0.1) is 6.61 Å². The van der Waals surface area contributed by atoms with Gasteiger partial charge < -0.3 is 20.2 Å². The third kappa shape index (κ3) is 9.46. The van der Waals surface area contributed by atoms with Crippen molar-refractivity contribution in [1.29, 1.82) is 0 Å². The quantitative estimate of drug-likeness (QED) is 0.547. The van der Waals surface area contributed by atoms with E-state index in [1.807, 2.05) is 0 Å². The summed E-state index contributed by atoms with van der Waals surface area (Å²) in [6.07, 6.45) is 4.39. The van der Waals surface area contributed by atoms with Crippen molar-refractivity contribution >= 4 is 0 Å². The van der Waals surface area contributed by atoms with E-state index < -0.39 is 0 Å². The highest BCUT2D eigenvalue weighted by Crippen LogP contribution is 2.18. The minimum absolute atomic E-state index is 0.1000. The average Bonchev–Trinajstić information content (AvgIpc) is 2.43. The molecule has 128 valence electrons. The molecule has 1 atom stereocenters. The number of nitrogens with one attached hydrogen (secondary N) is 1. The van der Waals surface area contributed by atoms with Crippen molar-refractivity contribution in [3.8, 4) is 0 Å². The molecule has 0 aromatic heterocycles. The van der Waals surface area contributed by atoms with Gasteiger partial charge in [0.1, 0.15) is 0 Å². The summed E-state index contributed by atoms with van der Waals surface area (Å²) in [6.45, 7) is 13.5. The van der Waals surface area contributed by atoms with E-state index in [1.54, 1.807) is 0 Å². The normalized spacial score (nSPS) is 15.1. The Morgan fingerprint density at radius 2 is 1.67 bits per heavy atom. The minimum Gasteiger partial charge on any atom is -0.394 e. The van der Waals surface area contributed by atoms with E-state index in [0.717, 1.165) is 38.9 Å². The van der Waals surface area contributed by atoms with Gasteiger partial charge in [-0.1, -0.05) is 27.7 Å². The predicted molar refractivity (Wildman–Crippen MR) is 92.9 cm³/mol. The summed E-state index contributed by atoms with van der Waals surface area (Å²) in [6, 6.07) is 0.416. The lowest BCUT2D eigenvalue weighted by atomic mass is 9.90. The topological polar surface area (TPSA) is 38.7 Å². The van der Waals surface area contributed by atoms with E-state index in [0.29, 0.717) is 6.04 Å².